The molecule has 0 amide bonds. The van der Waals surface area contributed by atoms with Gasteiger partial charge in [-0.3, -0.25) is 9.78 Å². The molecule has 0 saturated heterocycles. The third-order valence-corrected chi connectivity index (χ3v) is 3.95. The van der Waals surface area contributed by atoms with Crippen LogP contribution < -0.4 is 11.3 Å². The van der Waals surface area contributed by atoms with Crippen molar-refractivity contribution in [2.24, 2.45) is 5.92 Å². The van der Waals surface area contributed by atoms with Crippen molar-refractivity contribution in [3.05, 3.63) is 28.8 Å². The summed E-state index contributed by atoms with van der Waals surface area (Å²) in [7, 11) is 0. The fraction of sp³-hybridized carbons (Fsp3) is 0.417. The molecule has 0 aliphatic heterocycles. The van der Waals surface area contributed by atoms with Gasteiger partial charge in [-0.2, -0.15) is 4.98 Å². The van der Waals surface area contributed by atoms with E-state index in [4.69, 9.17) is 9.92 Å². The van der Waals surface area contributed by atoms with E-state index in [1.165, 1.54) is 0 Å². The van der Waals surface area contributed by atoms with E-state index in [1.54, 1.807) is 6.33 Å². The Morgan fingerprint density at radius 2 is 2.40 bits per heavy atom. The van der Waals surface area contributed by atoms with Crippen LogP contribution in [0.15, 0.2) is 23.3 Å². The summed E-state index contributed by atoms with van der Waals surface area (Å²) < 4.78 is 6.77. The van der Waals surface area contributed by atoms with E-state index < -0.39 is 0 Å². The van der Waals surface area contributed by atoms with Crippen molar-refractivity contribution in [2.75, 3.05) is 12.3 Å². The van der Waals surface area contributed by atoms with Gasteiger partial charge >= 0.3 is 0 Å². The van der Waals surface area contributed by atoms with E-state index in [1.807, 2.05) is 4.57 Å². The number of hydrogen-bond acceptors (Lipinski definition) is 6. The highest BCUT2D eigenvalue weighted by Gasteiger charge is 2.31. The van der Waals surface area contributed by atoms with Gasteiger partial charge in [0, 0.05) is 5.92 Å². The van der Waals surface area contributed by atoms with Crippen molar-refractivity contribution in [1.29, 1.82) is 0 Å². The number of nitrogens with one attached hydrogen (secondary N) is 1. The largest absolute Gasteiger partial charge is 0.369 e. The van der Waals surface area contributed by atoms with E-state index in [-0.39, 0.29) is 23.5 Å². The van der Waals surface area contributed by atoms with Gasteiger partial charge in [-0.1, -0.05) is 6.58 Å². The van der Waals surface area contributed by atoms with Crippen LogP contribution in [0.3, 0.4) is 0 Å². The number of fused-ring (bicyclic) bond motifs is 1. The average Bonchev–Trinajstić information content (AvgIpc) is 2.95. The van der Waals surface area contributed by atoms with Crippen molar-refractivity contribution in [1.82, 2.24) is 19.5 Å². The molecule has 1 aliphatic carbocycles. The molecule has 0 aromatic carbocycles. The fourth-order valence-electron chi connectivity index (χ4n) is 2.77. The number of rotatable bonds is 3. The molecule has 3 rings (SSSR count). The predicted octanol–water partition coefficient (Wildman–Crippen LogP) is 1.07. The maximum absolute atomic E-state index is 11.8. The molecule has 2 heterocycles. The summed E-state index contributed by atoms with van der Waals surface area (Å²) in [5.41, 5.74) is 7.10. The number of hydrogen-bond donors (Lipinski definition) is 3. The Bertz CT molecular complexity index is 722. The standard InChI is InChI=1S/C12H15N5O2S/c1-6-7(4-19-20)2-3-8(6)17-5-14-9-10(17)15-12(13)16-11(9)18/h5,7-8,20H,1-4H2,(H3,13,15,16,18)/t7?,8-/m0/s1. The minimum absolute atomic E-state index is 0.0576. The van der Waals surface area contributed by atoms with Gasteiger partial charge in [0.05, 0.1) is 19.0 Å². The fourth-order valence-corrected chi connectivity index (χ4v) is 2.95. The van der Waals surface area contributed by atoms with Crippen molar-refractivity contribution < 1.29 is 4.18 Å². The quantitative estimate of drug-likeness (QED) is 0.446. The lowest BCUT2D eigenvalue weighted by molar-refractivity contribution is 0.322. The molecule has 1 unspecified atom stereocenters. The monoisotopic (exact) mass is 293 g/mol. The summed E-state index contributed by atoms with van der Waals surface area (Å²) in [6.45, 7) is 4.66. The van der Waals surface area contributed by atoms with Gasteiger partial charge in [0.2, 0.25) is 5.95 Å². The third kappa shape index (κ3) is 2.01. The Kier molecular flexibility index (Phi) is 3.27. The Morgan fingerprint density at radius 1 is 1.60 bits per heavy atom. The lowest BCUT2D eigenvalue weighted by Crippen LogP contribution is -2.14. The third-order valence-electron chi connectivity index (χ3n) is 3.80. The summed E-state index contributed by atoms with van der Waals surface area (Å²) in [6.07, 6.45) is 3.48. The number of aromatic nitrogens is 4. The van der Waals surface area contributed by atoms with E-state index in [0.717, 1.165) is 18.4 Å². The van der Waals surface area contributed by atoms with Gasteiger partial charge < -0.3 is 14.5 Å². The van der Waals surface area contributed by atoms with Gasteiger partial charge in [0.15, 0.2) is 11.2 Å². The Morgan fingerprint density at radius 3 is 3.15 bits per heavy atom. The molecule has 106 valence electrons. The molecule has 7 nitrogen and oxygen atoms in total. The maximum Gasteiger partial charge on any atom is 0.280 e. The molecule has 0 spiro atoms. The molecule has 1 aliphatic rings. The van der Waals surface area contributed by atoms with Crippen LogP contribution in [0.1, 0.15) is 18.9 Å². The molecule has 2 aromatic rings. The van der Waals surface area contributed by atoms with Crippen LogP contribution in [-0.2, 0) is 4.18 Å². The van der Waals surface area contributed by atoms with Gasteiger partial charge in [-0.25, -0.2) is 4.98 Å². The lowest BCUT2D eigenvalue weighted by atomic mass is 10.0. The molecule has 3 N–H and O–H groups in total. The second kappa shape index (κ2) is 4.95. The molecule has 0 bridgehead atoms. The SMILES string of the molecule is C=C1C(COS)CC[C@@H]1n1cnc2c(=O)[nH]c(N)nc21. The predicted molar refractivity (Wildman–Crippen MR) is 78.4 cm³/mol. The molecule has 2 aromatic heterocycles. The lowest BCUT2D eigenvalue weighted by Gasteiger charge is -2.16. The number of thiol groups is 1. The minimum Gasteiger partial charge on any atom is -0.369 e. The number of nitrogen functional groups attached to an aromatic ring is 1. The van der Waals surface area contributed by atoms with Crippen molar-refractivity contribution in [3.63, 3.8) is 0 Å². The first-order chi connectivity index (χ1) is 9.61. The second-order valence-corrected chi connectivity index (χ2v) is 5.19. The number of aromatic amines is 1. The first kappa shape index (κ1) is 13.2. The van der Waals surface area contributed by atoms with Crippen LogP contribution in [0.2, 0.25) is 0 Å². The number of H-pyrrole nitrogens is 1. The van der Waals surface area contributed by atoms with Crippen LogP contribution >= 0.6 is 12.9 Å². The van der Waals surface area contributed by atoms with Crippen LogP contribution in [0.25, 0.3) is 11.2 Å². The topological polar surface area (TPSA) is 98.8 Å². The number of nitrogens with zero attached hydrogens (tertiary/aromatic N) is 3. The summed E-state index contributed by atoms with van der Waals surface area (Å²) in [6, 6.07) is 0.0576. The smallest absolute Gasteiger partial charge is 0.280 e. The zero-order valence-electron chi connectivity index (χ0n) is 10.7. The van der Waals surface area contributed by atoms with E-state index >= 15 is 0 Å². The second-order valence-electron chi connectivity index (χ2n) is 4.94. The first-order valence-electron chi connectivity index (χ1n) is 6.29. The molecular weight excluding hydrogens is 278 g/mol. The van der Waals surface area contributed by atoms with E-state index in [9.17, 15) is 4.79 Å². The molecule has 2 atom stereocenters. The molecule has 1 fully saturated rings. The van der Waals surface area contributed by atoms with Crippen molar-refractivity contribution >= 4 is 30.0 Å². The first-order valence-corrected chi connectivity index (χ1v) is 6.65. The molecule has 8 heteroatoms. The normalized spacial score (nSPS) is 22.8. The van der Waals surface area contributed by atoms with E-state index in [2.05, 4.69) is 34.4 Å². The summed E-state index contributed by atoms with van der Waals surface area (Å²) >= 11 is 3.79. The number of nitrogens with two attached hydrogens (primary N) is 1. The van der Waals surface area contributed by atoms with Crippen molar-refractivity contribution in [2.45, 2.75) is 18.9 Å². The Labute approximate surface area is 120 Å². The van der Waals surface area contributed by atoms with E-state index in [0.29, 0.717) is 17.8 Å². The van der Waals surface area contributed by atoms with Crippen molar-refractivity contribution in [3.8, 4) is 0 Å². The molecule has 1 saturated carbocycles. The highest BCUT2D eigenvalue weighted by molar-refractivity contribution is 7.75. The van der Waals surface area contributed by atoms with Gasteiger partial charge in [0.1, 0.15) is 0 Å². The Hall–Kier alpha value is -1.80. The van der Waals surface area contributed by atoms with Crippen LogP contribution in [0, 0.1) is 5.92 Å². The molecule has 0 radical (unpaired) electrons. The zero-order chi connectivity index (χ0) is 14.3. The highest BCUT2D eigenvalue weighted by atomic mass is 32.1. The highest BCUT2D eigenvalue weighted by Crippen LogP contribution is 2.39. The zero-order valence-corrected chi connectivity index (χ0v) is 11.6. The number of anilines is 1. The van der Waals surface area contributed by atoms with Crippen LogP contribution in [0.4, 0.5) is 5.95 Å². The maximum atomic E-state index is 11.8. The average molecular weight is 293 g/mol. The van der Waals surface area contributed by atoms with Crippen LogP contribution in [-0.4, -0.2) is 26.1 Å². The van der Waals surface area contributed by atoms with Gasteiger partial charge in [0.25, 0.3) is 5.56 Å². The summed E-state index contributed by atoms with van der Waals surface area (Å²) in [4.78, 5) is 22.5. The van der Waals surface area contributed by atoms with Gasteiger partial charge in [-0.05, 0) is 31.3 Å². The van der Waals surface area contributed by atoms with Gasteiger partial charge in [-0.15, -0.1) is 0 Å². The summed E-state index contributed by atoms with van der Waals surface area (Å²) in [5, 5.41) is 0. The minimum atomic E-state index is -0.329. The van der Waals surface area contributed by atoms with Crippen LogP contribution in [0.5, 0.6) is 0 Å². The summed E-state index contributed by atoms with van der Waals surface area (Å²) in [5.74, 6) is 0.345. The molecule has 20 heavy (non-hydrogen) atoms. The number of imidazole rings is 1. The molecular formula is C12H15N5O2S. The Balaban J connectivity index is 2.04.